The molecule has 3 N–H and O–H groups in total. The van der Waals surface area contributed by atoms with Crippen LogP contribution in [0.25, 0.3) is 16.6 Å². The largest absolute Gasteiger partial charge is 0.365 e. The van der Waals surface area contributed by atoms with Crippen LogP contribution in [0.15, 0.2) is 58.4 Å². The first-order valence-electron chi connectivity index (χ1n) is 7.02. The maximum Gasteiger partial charge on any atom is 0.256 e. The number of carbonyl (C=O) groups excluding carboxylic acids is 2. The Labute approximate surface area is 141 Å². The Kier molecular flexibility index (Phi) is 4.53. The van der Waals surface area contributed by atoms with Crippen LogP contribution in [0.4, 0.5) is 5.88 Å². The van der Waals surface area contributed by atoms with Crippen molar-refractivity contribution in [2.24, 2.45) is 5.73 Å². The number of benzene rings is 1. The van der Waals surface area contributed by atoms with Crippen LogP contribution >= 0.6 is 11.3 Å². The van der Waals surface area contributed by atoms with Gasteiger partial charge in [0.25, 0.3) is 11.8 Å². The molecule has 0 spiro atoms. The predicted molar refractivity (Wildman–Crippen MR) is 92.4 cm³/mol. The van der Waals surface area contributed by atoms with Gasteiger partial charge in [-0.2, -0.15) is 0 Å². The highest BCUT2D eigenvalue weighted by atomic mass is 32.1. The van der Waals surface area contributed by atoms with Crippen LogP contribution in [0.5, 0.6) is 0 Å². The zero-order chi connectivity index (χ0) is 16.9. The normalized spacial score (nSPS) is 10.8. The first kappa shape index (κ1) is 15.7. The molecule has 2 heterocycles. The number of amides is 2. The molecule has 0 bridgehead atoms. The Balaban J connectivity index is 1.81. The molecule has 1 aromatic carbocycles. The van der Waals surface area contributed by atoms with Crippen molar-refractivity contribution in [3.05, 3.63) is 65.0 Å². The molecule has 0 fully saturated rings. The van der Waals surface area contributed by atoms with E-state index in [2.05, 4.69) is 10.5 Å². The number of carbonyl (C=O) groups is 2. The minimum atomic E-state index is -0.720. The van der Waals surface area contributed by atoms with Gasteiger partial charge >= 0.3 is 0 Å². The number of primary amides is 1. The summed E-state index contributed by atoms with van der Waals surface area (Å²) < 4.78 is 5.09. The fraction of sp³-hybridized carbons (Fsp3) is 0. The Bertz CT molecular complexity index is 883. The Hall–Kier alpha value is -3.19. The summed E-state index contributed by atoms with van der Waals surface area (Å²) >= 11 is 1.39. The van der Waals surface area contributed by atoms with Crippen LogP contribution in [-0.2, 0) is 4.79 Å². The monoisotopic (exact) mass is 339 g/mol. The molecular formula is C17H13N3O3S. The summed E-state index contributed by atoms with van der Waals surface area (Å²) in [5, 5.41) is 8.18. The quantitative estimate of drug-likeness (QED) is 0.698. The molecule has 0 saturated carbocycles. The third kappa shape index (κ3) is 3.41. The van der Waals surface area contributed by atoms with Gasteiger partial charge in [-0.3, -0.25) is 14.9 Å². The van der Waals surface area contributed by atoms with Crippen LogP contribution in [0, 0.1) is 0 Å². The highest BCUT2D eigenvalue weighted by molar-refractivity contribution is 7.13. The molecule has 0 radical (unpaired) electrons. The maximum atomic E-state index is 12.0. The number of aromatic nitrogens is 1. The molecule has 0 aliphatic carbocycles. The van der Waals surface area contributed by atoms with Gasteiger partial charge in [-0.15, -0.1) is 11.3 Å². The SMILES string of the molecule is NC(=O)c1c(-c2cccs2)noc1NC(=O)C=Cc1ccccc1. The van der Waals surface area contributed by atoms with Gasteiger partial charge in [0.2, 0.25) is 5.88 Å². The number of anilines is 1. The van der Waals surface area contributed by atoms with E-state index in [0.29, 0.717) is 5.69 Å². The van der Waals surface area contributed by atoms with E-state index in [4.69, 9.17) is 10.3 Å². The van der Waals surface area contributed by atoms with E-state index in [1.807, 2.05) is 41.8 Å². The highest BCUT2D eigenvalue weighted by Gasteiger charge is 2.23. The van der Waals surface area contributed by atoms with Gasteiger partial charge < -0.3 is 10.3 Å². The van der Waals surface area contributed by atoms with E-state index in [0.717, 1.165) is 10.4 Å². The number of nitrogens with zero attached hydrogens (tertiary/aromatic N) is 1. The first-order chi connectivity index (χ1) is 11.6. The molecular weight excluding hydrogens is 326 g/mol. The second kappa shape index (κ2) is 6.93. The van der Waals surface area contributed by atoms with Crippen molar-refractivity contribution in [1.29, 1.82) is 0 Å². The zero-order valence-electron chi connectivity index (χ0n) is 12.4. The molecule has 0 atom stereocenters. The van der Waals surface area contributed by atoms with Crippen molar-refractivity contribution in [3.8, 4) is 10.6 Å². The van der Waals surface area contributed by atoms with Gasteiger partial charge in [0.05, 0.1) is 4.88 Å². The van der Waals surface area contributed by atoms with Crippen LogP contribution in [0.1, 0.15) is 15.9 Å². The maximum absolute atomic E-state index is 12.0. The number of rotatable bonds is 5. The molecule has 7 heteroatoms. The second-order valence-electron chi connectivity index (χ2n) is 4.81. The molecule has 120 valence electrons. The van der Waals surface area contributed by atoms with Crippen molar-refractivity contribution in [2.45, 2.75) is 0 Å². The summed E-state index contributed by atoms with van der Waals surface area (Å²) in [6, 6.07) is 13.0. The summed E-state index contributed by atoms with van der Waals surface area (Å²) in [5.74, 6) is -1.23. The van der Waals surface area contributed by atoms with E-state index in [1.54, 1.807) is 12.1 Å². The van der Waals surface area contributed by atoms with Gasteiger partial charge in [-0.1, -0.05) is 41.6 Å². The predicted octanol–water partition coefficient (Wildman–Crippen LogP) is 3.15. The molecule has 24 heavy (non-hydrogen) atoms. The van der Waals surface area contributed by atoms with Crippen LogP contribution in [0.3, 0.4) is 0 Å². The Morgan fingerprint density at radius 2 is 1.96 bits per heavy atom. The lowest BCUT2D eigenvalue weighted by atomic mass is 10.2. The third-order valence-electron chi connectivity index (χ3n) is 3.16. The average molecular weight is 339 g/mol. The first-order valence-corrected chi connectivity index (χ1v) is 7.90. The van der Waals surface area contributed by atoms with E-state index in [1.165, 1.54) is 17.4 Å². The van der Waals surface area contributed by atoms with Crippen LogP contribution in [0.2, 0.25) is 0 Å². The van der Waals surface area contributed by atoms with Crippen molar-refractivity contribution in [3.63, 3.8) is 0 Å². The summed E-state index contributed by atoms with van der Waals surface area (Å²) in [7, 11) is 0. The summed E-state index contributed by atoms with van der Waals surface area (Å²) in [5.41, 5.74) is 6.65. The zero-order valence-corrected chi connectivity index (χ0v) is 13.2. The van der Waals surface area contributed by atoms with E-state index >= 15 is 0 Å². The fourth-order valence-corrected chi connectivity index (χ4v) is 2.79. The van der Waals surface area contributed by atoms with Gasteiger partial charge in [0.1, 0.15) is 11.3 Å². The van der Waals surface area contributed by atoms with Gasteiger partial charge in [0, 0.05) is 6.08 Å². The van der Waals surface area contributed by atoms with E-state index < -0.39 is 11.8 Å². The number of hydrogen-bond acceptors (Lipinski definition) is 5. The molecule has 6 nitrogen and oxygen atoms in total. The lowest BCUT2D eigenvalue weighted by Crippen LogP contribution is -2.16. The molecule has 0 unspecified atom stereocenters. The van der Waals surface area contributed by atoms with Crippen LogP contribution in [-0.4, -0.2) is 17.0 Å². The number of nitrogens with two attached hydrogens (primary N) is 1. The third-order valence-corrected chi connectivity index (χ3v) is 4.03. The minimum Gasteiger partial charge on any atom is -0.365 e. The highest BCUT2D eigenvalue weighted by Crippen LogP contribution is 2.31. The van der Waals surface area contributed by atoms with Crippen molar-refractivity contribution < 1.29 is 14.1 Å². The van der Waals surface area contributed by atoms with E-state index in [9.17, 15) is 9.59 Å². The van der Waals surface area contributed by atoms with E-state index in [-0.39, 0.29) is 11.4 Å². The summed E-state index contributed by atoms with van der Waals surface area (Å²) in [4.78, 5) is 24.5. The minimum absolute atomic E-state index is 0.0545. The Morgan fingerprint density at radius 1 is 1.17 bits per heavy atom. The molecule has 3 rings (SSSR count). The van der Waals surface area contributed by atoms with Crippen molar-refractivity contribution in [1.82, 2.24) is 5.16 Å². The summed E-state index contributed by atoms with van der Waals surface area (Å²) in [6.45, 7) is 0. The van der Waals surface area contributed by atoms with Crippen molar-refractivity contribution >= 4 is 35.1 Å². The average Bonchev–Trinajstić information content (AvgIpc) is 3.23. The molecule has 2 aromatic heterocycles. The topological polar surface area (TPSA) is 98.2 Å². The van der Waals surface area contributed by atoms with Gasteiger partial charge in [-0.05, 0) is 23.1 Å². The van der Waals surface area contributed by atoms with Crippen molar-refractivity contribution in [2.75, 3.05) is 5.32 Å². The standard InChI is InChI=1S/C17H13N3O3S/c18-16(22)14-15(12-7-4-10-24-12)20-23-17(14)19-13(21)9-8-11-5-2-1-3-6-11/h1-10H,(H2,18,22)(H,19,21). The molecule has 0 aliphatic rings. The fourth-order valence-electron chi connectivity index (χ4n) is 2.08. The smallest absolute Gasteiger partial charge is 0.256 e. The molecule has 3 aromatic rings. The van der Waals surface area contributed by atoms with Gasteiger partial charge in [0.15, 0.2) is 0 Å². The molecule has 0 aliphatic heterocycles. The lowest BCUT2D eigenvalue weighted by Gasteiger charge is -1.99. The number of thiophene rings is 1. The molecule has 2 amide bonds. The number of hydrogen-bond donors (Lipinski definition) is 2. The lowest BCUT2D eigenvalue weighted by molar-refractivity contribution is -0.112. The second-order valence-corrected chi connectivity index (χ2v) is 5.76. The number of nitrogens with one attached hydrogen (secondary N) is 1. The summed E-state index contributed by atoms with van der Waals surface area (Å²) in [6.07, 6.45) is 2.99. The van der Waals surface area contributed by atoms with Crippen LogP contribution < -0.4 is 11.1 Å². The molecule has 0 saturated heterocycles. The Morgan fingerprint density at radius 3 is 2.62 bits per heavy atom. The van der Waals surface area contributed by atoms with Gasteiger partial charge in [-0.25, -0.2) is 0 Å².